The summed E-state index contributed by atoms with van der Waals surface area (Å²) < 4.78 is 0. The molecule has 2 nitrogen and oxygen atoms in total. The van der Waals surface area contributed by atoms with E-state index in [0.29, 0.717) is 5.57 Å². The van der Waals surface area contributed by atoms with E-state index in [4.69, 9.17) is 5.26 Å². The lowest BCUT2D eigenvalue weighted by atomic mass is 9.83. The number of rotatable bonds is 6. The van der Waals surface area contributed by atoms with Crippen molar-refractivity contribution in [2.24, 2.45) is 5.92 Å². The molecule has 0 saturated heterocycles. The summed E-state index contributed by atoms with van der Waals surface area (Å²) in [5, 5.41) is 19.0. The number of aliphatic hydroxyl groups excluding tert-OH is 1. The van der Waals surface area contributed by atoms with Gasteiger partial charge in [0.25, 0.3) is 0 Å². The molecule has 1 N–H and O–H groups in total. The van der Waals surface area contributed by atoms with Crippen LogP contribution in [0.2, 0.25) is 0 Å². The van der Waals surface area contributed by atoms with E-state index in [-0.39, 0.29) is 11.7 Å². The molecule has 1 atom stereocenters. The van der Waals surface area contributed by atoms with Crippen LogP contribution in [0, 0.1) is 17.2 Å². The number of hydrogen-bond donors (Lipinski definition) is 1. The zero-order chi connectivity index (χ0) is 19.9. The molecule has 0 bridgehead atoms. The number of nitrogens with zero attached hydrogens (tertiary/aromatic N) is 1. The van der Waals surface area contributed by atoms with Gasteiger partial charge in [0.05, 0.1) is 11.8 Å². The standard InChI is InChI=1S/C24H29NO/c1-8-21(24(16(3)4)19(7)26)14-17(5)18(6)23(9-2)22-12-10-20(15-25)11-13-22/h8-12,14,22,26H,3,6,13H2,1-2,4-5,7H3/b17-14-,21-8+,23-9+,24-19+. The quantitative estimate of drug-likeness (QED) is 0.423. The highest BCUT2D eigenvalue weighted by Crippen LogP contribution is 2.32. The second-order valence-electron chi connectivity index (χ2n) is 6.51. The summed E-state index contributed by atoms with van der Waals surface area (Å²) in [5.41, 5.74) is 6.38. The first-order valence-corrected chi connectivity index (χ1v) is 8.81. The highest BCUT2D eigenvalue weighted by molar-refractivity contribution is 5.56. The zero-order valence-corrected chi connectivity index (χ0v) is 16.6. The van der Waals surface area contributed by atoms with Crippen molar-refractivity contribution in [3.8, 4) is 6.07 Å². The first kappa shape index (κ1) is 21.3. The van der Waals surface area contributed by atoms with Crippen molar-refractivity contribution in [2.75, 3.05) is 0 Å². The molecule has 1 rings (SSSR count). The molecule has 1 unspecified atom stereocenters. The Morgan fingerprint density at radius 3 is 2.27 bits per heavy atom. The third kappa shape index (κ3) is 5.10. The van der Waals surface area contributed by atoms with Crippen molar-refractivity contribution >= 4 is 0 Å². The average molecular weight is 348 g/mol. The van der Waals surface area contributed by atoms with Crippen LogP contribution >= 0.6 is 0 Å². The van der Waals surface area contributed by atoms with E-state index in [2.05, 4.69) is 31.4 Å². The fourth-order valence-corrected chi connectivity index (χ4v) is 3.16. The molecule has 1 aliphatic rings. The minimum Gasteiger partial charge on any atom is -0.512 e. The molecule has 0 aromatic carbocycles. The van der Waals surface area contributed by atoms with Crippen LogP contribution < -0.4 is 0 Å². The van der Waals surface area contributed by atoms with Gasteiger partial charge in [0, 0.05) is 17.1 Å². The van der Waals surface area contributed by atoms with Crippen LogP contribution in [0.4, 0.5) is 0 Å². The van der Waals surface area contributed by atoms with Crippen molar-refractivity contribution in [1.29, 1.82) is 5.26 Å². The van der Waals surface area contributed by atoms with Crippen LogP contribution in [0.1, 0.15) is 41.0 Å². The molecule has 0 aromatic rings. The minimum absolute atomic E-state index is 0.220. The Balaban J connectivity index is 3.15. The number of hydrogen-bond acceptors (Lipinski definition) is 2. The van der Waals surface area contributed by atoms with Gasteiger partial charge in [-0.25, -0.2) is 0 Å². The van der Waals surface area contributed by atoms with Gasteiger partial charge in [0.2, 0.25) is 0 Å². The monoisotopic (exact) mass is 347 g/mol. The van der Waals surface area contributed by atoms with Gasteiger partial charge in [-0.2, -0.15) is 5.26 Å². The van der Waals surface area contributed by atoms with Gasteiger partial charge < -0.3 is 5.11 Å². The van der Waals surface area contributed by atoms with Gasteiger partial charge in [0.15, 0.2) is 0 Å². The van der Waals surface area contributed by atoms with Crippen molar-refractivity contribution in [3.05, 3.63) is 94.4 Å². The molecule has 0 fully saturated rings. The highest BCUT2D eigenvalue weighted by atomic mass is 16.3. The fraction of sp³-hybridized carbons (Fsp3) is 0.292. The minimum atomic E-state index is 0.220. The van der Waals surface area contributed by atoms with E-state index in [9.17, 15) is 5.11 Å². The van der Waals surface area contributed by atoms with Crippen LogP contribution in [0.15, 0.2) is 94.4 Å². The van der Waals surface area contributed by atoms with Crippen LogP contribution in [-0.4, -0.2) is 5.11 Å². The predicted molar refractivity (Wildman–Crippen MR) is 111 cm³/mol. The normalized spacial score (nSPS) is 19.5. The Kier molecular flexibility index (Phi) is 7.87. The molecule has 0 spiro atoms. The fourth-order valence-electron chi connectivity index (χ4n) is 3.16. The van der Waals surface area contributed by atoms with E-state index < -0.39 is 0 Å². The summed E-state index contributed by atoms with van der Waals surface area (Å²) in [6.45, 7) is 17.8. The molecule has 0 heterocycles. The summed E-state index contributed by atoms with van der Waals surface area (Å²) in [6.07, 6.45) is 12.8. The highest BCUT2D eigenvalue weighted by Gasteiger charge is 2.17. The van der Waals surface area contributed by atoms with Crippen LogP contribution in [0.3, 0.4) is 0 Å². The predicted octanol–water partition coefficient (Wildman–Crippen LogP) is 6.82. The maximum absolute atomic E-state index is 10.0. The third-order valence-electron chi connectivity index (χ3n) is 4.52. The Morgan fingerprint density at radius 2 is 1.88 bits per heavy atom. The number of aliphatic hydroxyl groups is 1. The van der Waals surface area contributed by atoms with Crippen molar-refractivity contribution in [1.82, 2.24) is 0 Å². The van der Waals surface area contributed by atoms with Gasteiger partial charge in [-0.3, -0.25) is 0 Å². The molecule has 0 aromatic heterocycles. The molecule has 0 aliphatic heterocycles. The lowest BCUT2D eigenvalue weighted by Crippen LogP contribution is -2.06. The van der Waals surface area contributed by atoms with Gasteiger partial charge in [0.1, 0.15) is 0 Å². The molecular formula is C24H29NO. The van der Waals surface area contributed by atoms with Gasteiger partial charge in [-0.15, -0.1) is 0 Å². The summed E-state index contributed by atoms with van der Waals surface area (Å²) in [5.74, 6) is 0.480. The molecule has 0 saturated carbocycles. The number of allylic oxidation sites excluding steroid dienone is 14. The topological polar surface area (TPSA) is 44.0 Å². The molecule has 1 aliphatic carbocycles. The maximum Gasteiger partial charge on any atom is 0.0988 e. The van der Waals surface area contributed by atoms with E-state index in [1.54, 1.807) is 6.92 Å². The Morgan fingerprint density at radius 1 is 1.23 bits per heavy atom. The van der Waals surface area contributed by atoms with Crippen LogP contribution in [-0.2, 0) is 0 Å². The van der Waals surface area contributed by atoms with E-state index in [1.807, 2.05) is 52.0 Å². The summed E-state index contributed by atoms with van der Waals surface area (Å²) in [7, 11) is 0. The summed E-state index contributed by atoms with van der Waals surface area (Å²) in [6, 6.07) is 2.18. The largest absolute Gasteiger partial charge is 0.512 e. The molecule has 0 amide bonds. The second kappa shape index (κ2) is 9.63. The molecule has 26 heavy (non-hydrogen) atoms. The van der Waals surface area contributed by atoms with Crippen molar-refractivity contribution in [3.63, 3.8) is 0 Å². The SMILES string of the molecule is C=C(\C(C)=C/C(=C\C)C(/C(=C)C)=C(\C)O)/C(=C\C)C1C=CC(C#N)=CC1. The molecule has 0 radical (unpaired) electrons. The zero-order valence-electron chi connectivity index (χ0n) is 16.6. The lowest BCUT2D eigenvalue weighted by molar-refractivity contribution is 0.409. The Bertz CT molecular complexity index is 813. The molecular weight excluding hydrogens is 318 g/mol. The first-order valence-electron chi connectivity index (χ1n) is 8.81. The number of nitriles is 1. The Hall–Kier alpha value is -2.79. The second-order valence-corrected chi connectivity index (χ2v) is 6.51. The molecule has 2 heteroatoms. The van der Waals surface area contributed by atoms with Gasteiger partial charge in [-0.1, -0.05) is 43.5 Å². The first-order chi connectivity index (χ1) is 12.3. The van der Waals surface area contributed by atoms with E-state index in [0.717, 1.165) is 39.9 Å². The Labute approximate surface area is 158 Å². The third-order valence-corrected chi connectivity index (χ3v) is 4.52. The maximum atomic E-state index is 10.0. The molecule has 136 valence electrons. The lowest BCUT2D eigenvalue weighted by Gasteiger charge is -2.21. The summed E-state index contributed by atoms with van der Waals surface area (Å²) in [4.78, 5) is 0. The smallest absolute Gasteiger partial charge is 0.0988 e. The average Bonchev–Trinajstić information content (AvgIpc) is 2.61. The van der Waals surface area contributed by atoms with E-state index in [1.165, 1.54) is 0 Å². The van der Waals surface area contributed by atoms with Gasteiger partial charge in [-0.05, 0) is 75.0 Å². The van der Waals surface area contributed by atoms with Crippen LogP contribution in [0.5, 0.6) is 0 Å². The van der Waals surface area contributed by atoms with Gasteiger partial charge >= 0.3 is 0 Å². The van der Waals surface area contributed by atoms with E-state index >= 15 is 0 Å². The summed E-state index contributed by atoms with van der Waals surface area (Å²) >= 11 is 0. The van der Waals surface area contributed by atoms with Crippen LogP contribution in [0.25, 0.3) is 0 Å². The van der Waals surface area contributed by atoms with Crippen molar-refractivity contribution < 1.29 is 5.11 Å². The van der Waals surface area contributed by atoms with Crippen molar-refractivity contribution in [2.45, 2.75) is 41.0 Å².